The normalized spacial score (nSPS) is 10.7. The summed E-state index contributed by atoms with van der Waals surface area (Å²) >= 11 is 23.7. The molecular weight excluding hydrogens is 628 g/mol. The Hall–Kier alpha value is -4.41. The predicted molar refractivity (Wildman–Crippen MR) is 160 cm³/mol. The van der Waals surface area contributed by atoms with Crippen LogP contribution in [0.3, 0.4) is 0 Å². The molecule has 0 aromatic heterocycles. The minimum atomic E-state index is -1.12. The molecule has 0 radical (unpaired) electrons. The second kappa shape index (κ2) is 14.0. The summed E-state index contributed by atoms with van der Waals surface area (Å²) in [6, 6.07) is 20.5. The van der Waals surface area contributed by atoms with Gasteiger partial charge in [-0.1, -0.05) is 46.4 Å². The lowest BCUT2D eigenvalue weighted by Gasteiger charge is -2.11. The summed E-state index contributed by atoms with van der Waals surface area (Å²) in [5.74, 6) is -3.62. The van der Waals surface area contributed by atoms with E-state index in [0.29, 0.717) is 15.1 Å². The molecule has 2 N–H and O–H groups in total. The highest BCUT2D eigenvalue weighted by atomic mass is 35.5. The number of anilines is 1. The van der Waals surface area contributed by atoms with Crippen molar-refractivity contribution < 1.29 is 28.7 Å². The highest BCUT2D eigenvalue weighted by Crippen LogP contribution is 2.27. The number of carbonyl (C=O) groups excluding carboxylic acids is 4. The highest BCUT2D eigenvalue weighted by Gasteiger charge is 2.17. The SMILES string of the molecule is O=C(N/N=C/c1ccc(OC(=O)c2ccc(Cl)cc2)cc1OC(=O)c1ccc(Cl)cc1)C(=O)Nc1cc(Cl)ccc1Cl. The van der Waals surface area contributed by atoms with Crippen molar-refractivity contribution in [1.29, 1.82) is 0 Å². The molecular formula is C29H17Cl4N3O6. The van der Waals surface area contributed by atoms with Gasteiger partial charge in [0.1, 0.15) is 11.5 Å². The number of nitrogens with one attached hydrogen (secondary N) is 2. The summed E-state index contributed by atoms with van der Waals surface area (Å²) in [6.45, 7) is 0. The molecule has 0 spiro atoms. The van der Waals surface area contributed by atoms with Crippen molar-refractivity contribution in [2.45, 2.75) is 0 Å². The van der Waals surface area contributed by atoms with Crippen molar-refractivity contribution in [2.24, 2.45) is 5.10 Å². The molecule has 0 unspecified atom stereocenters. The van der Waals surface area contributed by atoms with Crippen molar-refractivity contribution in [2.75, 3.05) is 5.32 Å². The van der Waals surface area contributed by atoms with Gasteiger partial charge in [-0.05, 0) is 78.9 Å². The first-order valence-electron chi connectivity index (χ1n) is 11.8. The van der Waals surface area contributed by atoms with Crippen molar-refractivity contribution in [3.63, 3.8) is 0 Å². The summed E-state index contributed by atoms with van der Waals surface area (Å²) in [6.07, 6.45) is 1.13. The zero-order valence-corrected chi connectivity index (χ0v) is 24.1. The van der Waals surface area contributed by atoms with Gasteiger partial charge >= 0.3 is 23.8 Å². The third kappa shape index (κ3) is 8.31. The third-order valence-corrected chi connectivity index (χ3v) is 6.38. The van der Waals surface area contributed by atoms with Gasteiger partial charge in [-0.2, -0.15) is 5.10 Å². The second-order valence-electron chi connectivity index (χ2n) is 8.27. The van der Waals surface area contributed by atoms with Crippen LogP contribution in [0.2, 0.25) is 20.1 Å². The van der Waals surface area contributed by atoms with Crippen molar-refractivity contribution in [3.8, 4) is 11.5 Å². The van der Waals surface area contributed by atoms with Crippen LogP contribution in [0.25, 0.3) is 0 Å². The van der Waals surface area contributed by atoms with E-state index in [1.165, 1.54) is 84.9 Å². The van der Waals surface area contributed by atoms with Crippen LogP contribution in [0.4, 0.5) is 5.69 Å². The largest absolute Gasteiger partial charge is 0.423 e. The van der Waals surface area contributed by atoms with E-state index in [4.69, 9.17) is 55.9 Å². The Bertz CT molecular complexity index is 1690. The lowest BCUT2D eigenvalue weighted by atomic mass is 10.2. The Labute approximate surface area is 258 Å². The van der Waals surface area contributed by atoms with Crippen LogP contribution in [0, 0.1) is 0 Å². The number of hydrogen-bond donors (Lipinski definition) is 2. The molecule has 0 heterocycles. The quantitative estimate of drug-likeness (QED) is 0.0748. The number of hydrazone groups is 1. The van der Waals surface area contributed by atoms with Gasteiger partial charge in [-0.25, -0.2) is 15.0 Å². The minimum absolute atomic E-state index is 0.0489. The van der Waals surface area contributed by atoms with Gasteiger partial charge in [0, 0.05) is 26.7 Å². The van der Waals surface area contributed by atoms with Gasteiger partial charge in [0.05, 0.1) is 28.1 Å². The van der Waals surface area contributed by atoms with Crippen molar-refractivity contribution >= 4 is 82.1 Å². The van der Waals surface area contributed by atoms with Crippen LogP contribution in [0.1, 0.15) is 26.3 Å². The molecule has 4 rings (SSSR count). The number of esters is 2. The summed E-state index contributed by atoms with van der Waals surface area (Å²) in [5.41, 5.74) is 2.83. The smallest absolute Gasteiger partial charge is 0.343 e. The number of benzene rings is 4. The number of ether oxygens (including phenoxy) is 2. The monoisotopic (exact) mass is 643 g/mol. The Morgan fingerprint density at radius 3 is 1.83 bits per heavy atom. The van der Waals surface area contributed by atoms with Crippen LogP contribution < -0.4 is 20.2 Å². The van der Waals surface area contributed by atoms with E-state index in [9.17, 15) is 19.2 Å². The molecule has 9 nitrogen and oxygen atoms in total. The molecule has 0 aliphatic carbocycles. The Morgan fingerprint density at radius 2 is 1.21 bits per heavy atom. The number of hydrogen-bond acceptors (Lipinski definition) is 7. The zero-order valence-electron chi connectivity index (χ0n) is 21.1. The van der Waals surface area contributed by atoms with Crippen LogP contribution >= 0.6 is 46.4 Å². The minimum Gasteiger partial charge on any atom is -0.423 e. The van der Waals surface area contributed by atoms with Crippen LogP contribution in [-0.2, 0) is 9.59 Å². The summed E-state index contributed by atoms with van der Waals surface area (Å²) in [5, 5.41) is 7.44. The van der Waals surface area contributed by atoms with E-state index in [0.717, 1.165) is 6.21 Å². The van der Waals surface area contributed by atoms with E-state index in [1.54, 1.807) is 0 Å². The van der Waals surface area contributed by atoms with E-state index in [1.807, 2.05) is 0 Å². The van der Waals surface area contributed by atoms with Crippen LogP contribution in [-0.4, -0.2) is 30.0 Å². The molecule has 0 aliphatic rings. The molecule has 13 heteroatoms. The summed E-state index contributed by atoms with van der Waals surface area (Å²) in [7, 11) is 0. The molecule has 4 aromatic rings. The van der Waals surface area contributed by atoms with Gasteiger partial charge in [-0.3, -0.25) is 9.59 Å². The van der Waals surface area contributed by atoms with E-state index < -0.39 is 23.8 Å². The maximum absolute atomic E-state index is 12.8. The topological polar surface area (TPSA) is 123 Å². The number of halogens is 4. The fourth-order valence-corrected chi connectivity index (χ4v) is 3.84. The summed E-state index contributed by atoms with van der Waals surface area (Å²) in [4.78, 5) is 49.9. The lowest BCUT2D eigenvalue weighted by molar-refractivity contribution is -0.136. The molecule has 0 saturated carbocycles. The zero-order chi connectivity index (χ0) is 30.2. The molecule has 0 aliphatic heterocycles. The predicted octanol–water partition coefficient (Wildman–Crippen LogP) is 6.83. The molecule has 42 heavy (non-hydrogen) atoms. The van der Waals surface area contributed by atoms with E-state index >= 15 is 0 Å². The fourth-order valence-electron chi connectivity index (χ4n) is 3.25. The van der Waals surface area contributed by atoms with E-state index in [2.05, 4.69) is 15.8 Å². The number of rotatable bonds is 7. The standard InChI is InChI=1S/C29H17Cl4N3O6/c30-19-6-1-16(2-7-19)28(39)41-22-11-5-18(25(14-22)42-29(40)17-3-8-20(31)9-4-17)15-34-36-27(38)26(37)35-24-13-21(32)10-12-23(24)33/h1-15H,(H,35,37)(H,36,38)/b34-15+. The molecule has 0 atom stereocenters. The molecule has 2 amide bonds. The van der Waals surface area contributed by atoms with Crippen molar-refractivity contribution in [3.05, 3.63) is 122 Å². The Kier molecular flexibility index (Phi) is 10.2. The van der Waals surface area contributed by atoms with Crippen LogP contribution in [0.15, 0.2) is 90.0 Å². The molecule has 0 saturated heterocycles. The first kappa shape index (κ1) is 30.5. The van der Waals surface area contributed by atoms with Gasteiger partial charge in [-0.15, -0.1) is 0 Å². The Morgan fingerprint density at radius 1 is 0.643 bits per heavy atom. The molecule has 4 aromatic carbocycles. The number of carbonyl (C=O) groups is 4. The first-order chi connectivity index (χ1) is 20.1. The molecule has 0 fully saturated rings. The van der Waals surface area contributed by atoms with E-state index in [-0.39, 0.29) is 38.9 Å². The molecule has 212 valence electrons. The first-order valence-corrected chi connectivity index (χ1v) is 13.3. The van der Waals surface area contributed by atoms with Crippen molar-refractivity contribution in [1.82, 2.24) is 5.43 Å². The summed E-state index contributed by atoms with van der Waals surface area (Å²) < 4.78 is 10.9. The highest BCUT2D eigenvalue weighted by molar-refractivity contribution is 6.42. The maximum atomic E-state index is 12.8. The average molecular weight is 645 g/mol. The van der Waals surface area contributed by atoms with Gasteiger partial charge in [0.15, 0.2) is 0 Å². The van der Waals surface area contributed by atoms with Gasteiger partial charge < -0.3 is 14.8 Å². The third-order valence-electron chi connectivity index (χ3n) is 5.31. The van der Waals surface area contributed by atoms with Gasteiger partial charge in [0.25, 0.3) is 0 Å². The lowest BCUT2D eigenvalue weighted by Crippen LogP contribution is -2.32. The maximum Gasteiger partial charge on any atom is 0.343 e. The number of amides is 2. The Balaban J connectivity index is 1.52. The molecule has 0 bridgehead atoms. The fraction of sp³-hybridized carbons (Fsp3) is 0. The van der Waals surface area contributed by atoms with Gasteiger partial charge in [0.2, 0.25) is 0 Å². The second-order valence-corrected chi connectivity index (χ2v) is 9.99. The number of nitrogens with zero attached hydrogens (tertiary/aromatic N) is 1. The van der Waals surface area contributed by atoms with Crippen LogP contribution in [0.5, 0.6) is 11.5 Å². The average Bonchev–Trinajstić information content (AvgIpc) is 2.96.